The van der Waals surface area contributed by atoms with Gasteiger partial charge in [-0.1, -0.05) is 71.8 Å². The minimum atomic E-state index is 1.30. The van der Waals surface area contributed by atoms with Crippen molar-refractivity contribution < 1.29 is 0 Å². The van der Waals surface area contributed by atoms with Crippen LogP contribution in [0.3, 0.4) is 0 Å². The molecule has 0 unspecified atom stereocenters. The van der Waals surface area contributed by atoms with Crippen molar-refractivity contribution in [1.29, 1.82) is 0 Å². The van der Waals surface area contributed by atoms with E-state index in [1.54, 1.807) is 0 Å². The minimum Gasteiger partial charge on any atom is -0.0616 e. The Morgan fingerprint density at radius 2 is 1.18 bits per heavy atom. The Bertz CT molecular complexity index is 973. The maximum Gasteiger partial charge on any atom is -0.00990 e. The van der Waals surface area contributed by atoms with Crippen molar-refractivity contribution in [2.45, 2.75) is 13.8 Å². The fourth-order valence-electron chi connectivity index (χ4n) is 3.35. The molecule has 0 aliphatic rings. The number of fused-ring (bicyclic) bond motifs is 2. The van der Waals surface area contributed by atoms with E-state index in [0.717, 1.165) is 0 Å². The summed E-state index contributed by atoms with van der Waals surface area (Å²) in [6, 6.07) is 26.5. The Labute approximate surface area is 131 Å². The molecular weight excluding hydrogens is 264 g/mol. The predicted octanol–water partition coefficient (Wildman–Crippen LogP) is 6.28. The van der Waals surface area contributed by atoms with Crippen LogP contribution >= 0.6 is 0 Å². The quantitative estimate of drug-likeness (QED) is 0.360. The molecule has 0 aliphatic heterocycles. The zero-order chi connectivity index (χ0) is 15.1. The van der Waals surface area contributed by atoms with E-state index in [9.17, 15) is 0 Å². The highest BCUT2D eigenvalue weighted by Gasteiger charge is 2.06. The molecule has 4 aromatic carbocycles. The van der Waals surface area contributed by atoms with Gasteiger partial charge in [-0.15, -0.1) is 0 Å². The summed E-state index contributed by atoms with van der Waals surface area (Å²) >= 11 is 0. The maximum atomic E-state index is 2.32. The Morgan fingerprint density at radius 1 is 0.545 bits per heavy atom. The zero-order valence-electron chi connectivity index (χ0n) is 12.9. The van der Waals surface area contributed by atoms with Gasteiger partial charge < -0.3 is 0 Å². The highest BCUT2D eigenvalue weighted by Crippen LogP contribution is 2.32. The number of benzene rings is 4. The van der Waals surface area contributed by atoms with Gasteiger partial charge >= 0.3 is 0 Å². The smallest absolute Gasteiger partial charge is 0.00990 e. The van der Waals surface area contributed by atoms with Crippen molar-refractivity contribution in [3.05, 3.63) is 83.9 Å². The van der Waals surface area contributed by atoms with E-state index < -0.39 is 0 Å². The molecule has 106 valence electrons. The Kier molecular flexibility index (Phi) is 2.97. The highest BCUT2D eigenvalue weighted by molar-refractivity contribution is 6.05. The van der Waals surface area contributed by atoms with Crippen LogP contribution in [0.2, 0.25) is 0 Å². The van der Waals surface area contributed by atoms with Gasteiger partial charge in [-0.3, -0.25) is 0 Å². The van der Waals surface area contributed by atoms with Crippen LogP contribution < -0.4 is 0 Å². The van der Waals surface area contributed by atoms with Crippen molar-refractivity contribution >= 4 is 21.5 Å². The highest BCUT2D eigenvalue weighted by atomic mass is 14.1. The lowest BCUT2D eigenvalue weighted by Gasteiger charge is -2.10. The molecule has 0 heteroatoms. The van der Waals surface area contributed by atoms with Crippen LogP contribution in [0.4, 0.5) is 0 Å². The normalized spacial score (nSPS) is 11.2. The number of aryl methyl sites for hydroxylation is 2. The fourth-order valence-corrected chi connectivity index (χ4v) is 3.35. The van der Waals surface area contributed by atoms with Crippen molar-refractivity contribution in [2.75, 3.05) is 0 Å². The number of hydrogen-bond acceptors (Lipinski definition) is 0. The first-order chi connectivity index (χ1) is 10.7. The lowest BCUT2D eigenvalue weighted by atomic mass is 9.94. The summed E-state index contributed by atoms with van der Waals surface area (Å²) < 4.78 is 0. The van der Waals surface area contributed by atoms with Gasteiger partial charge in [0.15, 0.2) is 0 Å². The molecule has 0 radical (unpaired) electrons. The van der Waals surface area contributed by atoms with Gasteiger partial charge in [-0.05, 0) is 58.7 Å². The molecule has 0 N–H and O–H groups in total. The first kappa shape index (κ1) is 13.1. The van der Waals surface area contributed by atoms with Gasteiger partial charge in [0.25, 0.3) is 0 Å². The molecule has 0 fully saturated rings. The first-order valence-electron chi connectivity index (χ1n) is 7.71. The van der Waals surface area contributed by atoms with Crippen LogP contribution in [0.5, 0.6) is 0 Å². The van der Waals surface area contributed by atoms with Gasteiger partial charge in [0.2, 0.25) is 0 Å². The van der Waals surface area contributed by atoms with Crippen LogP contribution in [0.15, 0.2) is 72.8 Å². The summed E-state index contributed by atoms with van der Waals surface area (Å²) in [6.07, 6.45) is 0. The summed E-state index contributed by atoms with van der Waals surface area (Å²) in [4.78, 5) is 0. The number of hydrogen-bond donors (Lipinski definition) is 0. The van der Waals surface area contributed by atoms with Crippen LogP contribution in [0, 0.1) is 13.8 Å². The molecule has 4 rings (SSSR count). The average molecular weight is 282 g/mol. The first-order valence-corrected chi connectivity index (χ1v) is 7.71. The van der Waals surface area contributed by atoms with Crippen molar-refractivity contribution in [3.8, 4) is 11.1 Å². The molecule has 0 heterocycles. The second-order valence-corrected chi connectivity index (χ2v) is 6.10. The van der Waals surface area contributed by atoms with Crippen LogP contribution in [-0.2, 0) is 0 Å². The summed E-state index contributed by atoms with van der Waals surface area (Å²) in [5.74, 6) is 0. The molecule has 0 saturated heterocycles. The zero-order valence-corrected chi connectivity index (χ0v) is 12.9. The van der Waals surface area contributed by atoms with E-state index in [-0.39, 0.29) is 0 Å². The van der Waals surface area contributed by atoms with Crippen LogP contribution in [-0.4, -0.2) is 0 Å². The molecule has 22 heavy (non-hydrogen) atoms. The Balaban J connectivity index is 2.07. The maximum absolute atomic E-state index is 2.32. The third-order valence-corrected chi connectivity index (χ3v) is 4.28. The largest absolute Gasteiger partial charge is 0.0616 e. The van der Waals surface area contributed by atoms with Crippen molar-refractivity contribution in [1.82, 2.24) is 0 Å². The van der Waals surface area contributed by atoms with Gasteiger partial charge in [-0.2, -0.15) is 0 Å². The van der Waals surface area contributed by atoms with E-state index in [2.05, 4.69) is 86.6 Å². The summed E-state index contributed by atoms with van der Waals surface area (Å²) in [5.41, 5.74) is 5.24. The molecule has 0 saturated carbocycles. The molecule has 0 nitrogen and oxygen atoms in total. The predicted molar refractivity (Wildman–Crippen MR) is 96.4 cm³/mol. The molecule has 0 aromatic heterocycles. The van der Waals surface area contributed by atoms with Crippen molar-refractivity contribution in [2.24, 2.45) is 0 Å². The second-order valence-electron chi connectivity index (χ2n) is 6.10. The third kappa shape index (κ3) is 2.17. The van der Waals surface area contributed by atoms with Gasteiger partial charge in [0.05, 0.1) is 0 Å². The molecular formula is C22H18. The molecule has 4 aromatic rings. The summed E-state index contributed by atoms with van der Waals surface area (Å²) in [5, 5.41) is 5.22. The number of rotatable bonds is 1. The molecule has 0 atom stereocenters. The molecule has 0 bridgehead atoms. The second kappa shape index (κ2) is 4.99. The van der Waals surface area contributed by atoms with E-state index in [1.165, 1.54) is 43.8 Å². The Hall–Kier alpha value is -2.60. The Morgan fingerprint density at radius 3 is 1.91 bits per heavy atom. The van der Waals surface area contributed by atoms with E-state index >= 15 is 0 Å². The average Bonchev–Trinajstić information content (AvgIpc) is 2.51. The van der Waals surface area contributed by atoms with E-state index in [1.807, 2.05) is 0 Å². The van der Waals surface area contributed by atoms with E-state index in [0.29, 0.717) is 0 Å². The van der Waals surface area contributed by atoms with Gasteiger partial charge in [0.1, 0.15) is 0 Å². The monoisotopic (exact) mass is 282 g/mol. The lowest BCUT2D eigenvalue weighted by Crippen LogP contribution is -1.85. The molecule has 0 spiro atoms. The van der Waals surface area contributed by atoms with Crippen LogP contribution in [0.25, 0.3) is 32.7 Å². The van der Waals surface area contributed by atoms with Crippen molar-refractivity contribution in [3.63, 3.8) is 0 Å². The lowest BCUT2D eigenvalue weighted by molar-refractivity contribution is 1.39. The third-order valence-electron chi connectivity index (χ3n) is 4.28. The van der Waals surface area contributed by atoms with E-state index in [4.69, 9.17) is 0 Å². The SMILES string of the molecule is Cc1cc(C)cc(-c2cccc3cc4ccccc4cc23)c1. The van der Waals surface area contributed by atoms with Gasteiger partial charge in [-0.25, -0.2) is 0 Å². The minimum absolute atomic E-state index is 1.30. The molecule has 0 amide bonds. The topological polar surface area (TPSA) is 0 Å². The fraction of sp³-hybridized carbons (Fsp3) is 0.0909. The van der Waals surface area contributed by atoms with Gasteiger partial charge in [0, 0.05) is 0 Å². The summed E-state index contributed by atoms with van der Waals surface area (Å²) in [6.45, 7) is 4.33. The standard InChI is InChI=1S/C22H18/c1-15-10-16(2)12-20(11-15)21-9-5-8-19-13-17-6-3-4-7-18(17)14-22(19)21/h3-14H,1-2H3. The summed E-state index contributed by atoms with van der Waals surface area (Å²) in [7, 11) is 0. The van der Waals surface area contributed by atoms with Crippen LogP contribution in [0.1, 0.15) is 11.1 Å². The molecule has 0 aliphatic carbocycles.